The molecule has 3 heteroatoms. The highest BCUT2D eigenvalue weighted by atomic mass is 16.5. The first-order valence-corrected chi connectivity index (χ1v) is 5.84. The summed E-state index contributed by atoms with van der Waals surface area (Å²) in [5.41, 5.74) is 2.58. The maximum Gasteiger partial charge on any atom is 0.232 e. The van der Waals surface area contributed by atoms with Crippen molar-refractivity contribution < 1.29 is 4.74 Å². The largest absolute Gasteiger partial charge is 0.477 e. The van der Waals surface area contributed by atoms with Crippen LogP contribution in [0.15, 0.2) is 6.07 Å². The van der Waals surface area contributed by atoms with E-state index >= 15 is 0 Å². The molecule has 0 amide bonds. The Morgan fingerprint density at radius 1 is 1.35 bits per heavy atom. The van der Waals surface area contributed by atoms with Gasteiger partial charge in [0.05, 0.1) is 6.61 Å². The number of nitriles is 1. The summed E-state index contributed by atoms with van der Waals surface area (Å²) in [4.78, 5) is 4.28. The Balaban J connectivity index is 2.81. The van der Waals surface area contributed by atoms with Gasteiger partial charge in [-0.15, -0.1) is 0 Å². The van der Waals surface area contributed by atoms with Gasteiger partial charge in [-0.2, -0.15) is 5.26 Å². The molecule has 0 saturated carbocycles. The molecule has 0 saturated heterocycles. The van der Waals surface area contributed by atoms with E-state index in [0.29, 0.717) is 18.1 Å². The second kappa shape index (κ2) is 5.18. The van der Waals surface area contributed by atoms with Gasteiger partial charge in [0, 0.05) is 5.69 Å². The van der Waals surface area contributed by atoms with Crippen LogP contribution < -0.4 is 4.74 Å². The van der Waals surface area contributed by atoms with E-state index < -0.39 is 0 Å². The van der Waals surface area contributed by atoms with Crippen LogP contribution in [-0.4, -0.2) is 11.6 Å². The Labute approximate surface area is 103 Å². The van der Waals surface area contributed by atoms with E-state index in [-0.39, 0.29) is 5.41 Å². The molecule has 0 aromatic carbocycles. The van der Waals surface area contributed by atoms with Crippen molar-refractivity contribution in [1.29, 1.82) is 5.26 Å². The van der Waals surface area contributed by atoms with Gasteiger partial charge in [-0.3, -0.25) is 0 Å². The van der Waals surface area contributed by atoms with E-state index in [4.69, 9.17) is 10.00 Å². The van der Waals surface area contributed by atoms with Gasteiger partial charge < -0.3 is 4.74 Å². The van der Waals surface area contributed by atoms with E-state index in [2.05, 4.69) is 31.8 Å². The van der Waals surface area contributed by atoms with Crippen molar-refractivity contribution in [2.45, 2.75) is 41.0 Å². The number of rotatable bonds is 3. The van der Waals surface area contributed by atoms with Crippen molar-refractivity contribution in [2.75, 3.05) is 6.61 Å². The zero-order valence-electron chi connectivity index (χ0n) is 11.3. The van der Waals surface area contributed by atoms with Crippen LogP contribution in [-0.2, 0) is 0 Å². The third-order valence-electron chi connectivity index (χ3n) is 2.51. The molecule has 0 spiro atoms. The van der Waals surface area contributed by atoms with Crippen molar-refractivity contribution in [2.24, 2.45) is 5.41 Å². The highest BCUT2D eigenvalue weighted by molar-refractivity contribution is 5.45. The number of aromatic nitrogens is 1. The van der Waals surface area contributed by atoms with Crippen LogP contribution >= 0.6 is 0 Å². The second-order valence-corrected chi connectivity index (χ2v) is 5.53. The van der Waals surface area contributed by atoms with Crippen LogP contribution in [0.5, 0.6) is 5.88 Å². The van der Waals surface area contributed by atoms with Crippen LogP contribution in [0.2, 0.25) is 0 Å². The van der Waals surface area contributed by atoms with Gasteiger partial charge in [-0.1, -0.05) is 20.8 Å². The molecule has 0 aliphatic heterocycles. The molecule has 0 aliphatic rings. The summed E-state index contributed by atoms with van der Waals surface area (Å²) < 4.78 is 5.63. The Hall–Kier alpha value is -1.56. The van der Waals surface area contributed by atoms with Crippen LogP contribution in [0.1, 0.15) is 44.0 Å². The van der Waals surface area contributed by atoms with E-state index in [1.165, 1.54) is 0 Å². The second-order valence-electron chi connectivity index (χ2n) is 5.53. The smallest absolute Gasteiger partial charge is 0.232 e. The SMILES string of the molecule is Cc1cc(C)c(C#N)c(OCCC(C)(C)C)n1. The zero-order chi connectivity index (χ0) is 13.1. The summed E-state index contributed by atoms with van der Waals surface area (Å²) >= 11 is 0. The van der Waals surface area contributed by atoms with Crippen molar-refractivity contribution in [3.8, 4) is 11.9 Å². The molecular weight excluding hydrogens is 212 g/mol. The van der Waals surface area contributed by atoms with E-state index in [1.807, 2.05) is 19.9 Å². The van der Waals surface area contributed by atoms with Crippen molar-refractivity contribution >= 4 is 0 Å². The van der Waals surface area contributed by atoms with Gasteiger partial charge in [-0.25, -0.2) is 4.98 Å². The predicted molar refractivity (Wildman–Crippen MR) is 68.0 cm³/mol. The molecule has 1 aromatic heterocycles. The minimum atomic E-state index is 0.228. The Kier molecular flexibility index (Phi) is 4.11. The Morgan fingerprint density at radius 2 is 2.00 bits per heavy atom. The van der Waals surface area contributed by atoms with Gasteiger partial charge in [0.2, 0.25) is 5.88 Å². The average Bonchev–Trinajstić information content (AvgIpc) is 2.14. The minimum absolute atomic E-state index is 0.228. The van der Waals surface area contributed by atoms with Gasteiger partial charge >= 0.3 is 0 Å². The molecule has 0 aliphatic carbocycles. The predicted octanol–water partition coefficient (Wildman–Crippen LogP) is 3.39. The molecule has 1 heterocycles. The van der Waals surface area contributed by atoms with Crippen LogP contribution in [0.25, 0.3) is 0 Å². The monoisotopic (exact) mass is 232 g/mol. The highest BCUT2D eigenvalue weighted by Gasteiger charge is 2.13. The standard InChI is InChI=1S/C14H20N2O/c1-10-8-11(2)16-13(12(10)9-15)17-7-6-14(3,4)5/h8H,6-7H2,1-5H3. The fourth-order valence-electron chi connectivity index (χ4n) is 1.50. The number of hydrogen-bond donors (Lipinski definition) is 0. The normalized spacial score (nSPS) is 11.1. The first kappa shape index (κ1) is 13.5. The number of hydrogen-bond acceptors (Lipinski definition) is 3. The first-order chi connectivity index (χ1) is 7.83. The number of pyridine rings is 1. The lowest BCUT2D eigenvalue weighted by molar-refractivity contribution is 0.235. The van der Waals surface area contributed by atoms with Crippen LogP contribution in [0.3, 0.4) is 0 Å². The molecule has 1 aromatic rings. The summed E-state index contributed by atoms with van der Waals surface area (Å²) in [6, 6.07) is 4.05. The Bertz CT molecular complexity index is 439. The molecule has 17 heavy (non-hydrogen) atoms. The molecule has 0 radical (unpaired) electrons. The summed E-state index contributed by atoms with van der Waals surface area (Å²) in [7, 11) is 0. The summed E-state index contributed by atoms with van der Waals surface area (Å²) in [5.74, 6) is 0.467. The molecule has 1 rings (SSSR count). The van der Waals surface area contributed by atoms with E-state index in [0.717, 1.165) is 17.7 Å². The fourth-order valence-corrected chi connectivity index (χ4v) is 1.50. The lowest BCUT2D eigenvalue weighted by atomic mass is 9.93. The highest BCUT2D eigenvalue weighted by Crippen LogP contribution is 2.22. The van der Waals surface area contributed by atoms with E-state index in [1.54, 1.807) is 0 Å². The number of aryl methyl sites for hydroxylation is 2. The lowest BCUT2D eigenvalue weighted by Crippen LogP contribution is -2.12. The third kappa shape index (κ3) is 4.07. The summed E-state index contributed by atoms with van der Waals surface area (Å²) in [5, 5.41) is 9.08. The molecule has 0 unspecified atom stereocenters. The van der Waals surface area contributed by atoms with Crippen molar-refractivity contribution in [1.82, 2.24) is 4.98 Å². The number of nitrogens with zero attached hydrogens (tertiary/aromatic N) is 2. The van der Waals surface area contributed by atoms with E-state index in [9.17, 15) is 0 Å². The van der Waals surface area contributed by atoms with Gasteiger partial charge in [0.25, 0.3) is 0 Å². The molecule has 3 nitrogen and oxygen atoms in total. The number of ether oxygens (including phenoxy) is 1. The Morgan fingerprint density at radius 3 is 2.53 bits per heavy atom. The maximum atomic E-state index is 9.08. The third-order valence-corrected chi connectivity index (χ3v) is 2.51. The van der Waals surface area contributed by atoms with Crippen LogP contribution in [0, 0.1) is 30.6 Å². The molecule has 0 N–H and O–H groups in total. The van der Waals surface area contributed by atoms with Gasteiger partial charge in [0.15, 0.2) is 0 Å². The average molecular weight is 232 g/mol. The molecular formula is C14H20N2O. The van der Waals surface area contributed by atoms with Crippen molar-refractivity contribution in [3.05, 3.63) is 22.9 Å². The topological polar surface area (TPSA) is 45.9 Å². The molecule has 0 atom stereocenters. The molecule has 92 valence electrons. The first-order valence-electron chi connectivity index (χ1n) is 5.84. The zero-order valence-corrected chi connectivity index (χ0v) is 11.3. The van der Waals surface area contributed by atoms with Crippen molar-refractivity contribution in [3.63, 3.8) is 0 Å². The fraction of sp³-hybridized carbons (Fsp3) is 0.571. The van der Waals surface area contributed by atoms with Crippen LogP contribution in [0.4, 0.5) is 0 Å². The quantitative estimate of drug-likeness (QED) is 0.802. The minimum Gasteiger partial charge on any atom is -0.477 e. The lowest BCUT2D eigenvalue weighted by Gasteiger charge is -2.18. The van der Waals surface area contributed by atoms with Gasteiger partial charge in [-0.05, 0) is 37.3 Å². The molecule has 0 bridgehead atoms. The molecule has 0 fully saturated rings. The summed E-state index contributed by atoms with van der Waals surface area (Å²) in [6.07, 6.45) is 0.937. The maximum absolute atomic E-state index is 9.08. The summed E-state index contributed by atoms with van der Waals surface area (Å²) in [6.45, 7) is 10.9. The van der Waals surface area contributed by atoms with Gasteiger partial charge in [0.1, 0.15) is 11.6 Å².